The molecule has 0 spiro atoms. The Hall–Kier alpha value is -2.34. The Morgan fingerprint density at radius 3 is 2.63 bits per heavy atom. The fourth-order valence-electron chi connectivity index (χ4n) is 5.14. The molecule has 1 saturated heterocycles. The third-order valence-electron chi connectivity index (χ3n) is 6.74. The molecular weight excluding hydrogens is 374 g/mol. The lowest BCUT2D eigenvalue weighted by molar-refractivity contribution is -0.117. The van der Waals surface area contributed by atoms with E-state index in [9.17, 15) is 4.79 Å². The number of aromatic nitrogens is 2. The molecule has 1 N–H and O–H groups in total. The molecule has 1 saturated carbocycles. The van der Waals surface area contributed by atoms with Gasteiger partial charge in [-0.3, -0.25) is 9.69 Å². The monoisotopic (exact) mass is 407 g/mol. The molecule has 0 bridgehead atoms. The maximum absolute atomic E-state index is 12.4. The predicted octanol–water partition coefficient (Wildman–Crippen LogP) is 3.83. The highest BCUT2D eigenvalue weighted by atomic mass is 16.2. The summed E-state index contributed by atoms with van der Waals surface area (Å²) >= 11 is 0. The van der Waals surface area contributed by atoms with Crippen molar-refractivity contribution in [2.75, 3.05) is 36.9 Å². The predicted molar refractivity (Wildman–Crippen MR) is 121 cm³/mol. The summed E-state index contributed by atoms with van der Waals surface area (Å²) in [7, 11) is 2.16. The number of likely N-dealkylation sites (N-methyl/N-ethyl adjacent to an activating group) is 1. The maximum Gasteiger partial charge on any atom is 0.227 e. The fraction of sp³-hybridized carbons (Fsp3) is 0.583. The van der Waals surface area contributed by atoms with E-state index < -0.39 is 0 Å². The zero-order valence-corrected chi connectivity index (χ0v) is 18.4. The zero-order valence-electron chi connectivity index (χ0n) is 18.4. The van der Waals surface area contributed by atoms with Gasteiger partial charge in [0.25, 0.3) is 0 Å². The number of nitrogens with zero attached hydrogens (tertiary/aromatic N) is 4. The molecule has 1 amide bonds. The molecule has 3 aliphatic rings. The van der Waals surface area contributed by atoms with Gasteiger partial charge in [-0.2, -0.15) is 0 Å². The van der Waals surface area contributed by atoms with E-state index in [0.717, 1.165) is 57.1 Å². The van der Waals surface area contributed by atoms with Crippen LogP contribution in [0.25, 0.3) is 11.4 Å². The first kappa shape index (κ1) is 19.6. The van der Waals surface area contributed by atoms with Crippen molar-refractivity contribution in [3.05, 3.63) is 30.1 Å². The summed E-state index contributed by atoms with van der Waals surface area (Å²) in [5, 5.41) is 3.15. The average molecular weight is 408 g/mol. The minimum Gasteiger partial charge on any atom is -0.370 e. The number of fused-ring (bicyclic) bond motifs is 1. The Morgan fingerprint density at radius 1 is 1.13 bits per heavy atom. The highest BCUT2D eigenvalue weighted by Crippen LogP contribution is 2.38. The molecule has 6 heteroatoms. The fourth-order valence-corrected chi connectivity index (χ4v) is 5.14. The Balaban J connectivity index is 1.53. The summed E-state index contributed by atoms with van der Waals surface area (Å²) < 4.78 is 2.37. The molecule has 0 unspecified atom stereocenters. The van der Waals surface area contributed by atoms with Gasteiger partial charge in [-0.05, 0) is 56.3 Å². The van der Waals surface area contributed by atoms with Crippen molar-refractivity contribution < 1.29 is 4.79 Å². The highest BCUT2D eigenvalue weighted by Gasteiger charge is 2.30. The molecule has 30 heavy (non-hydrogen) atoms. The van der Waals surface area contributed by atoms with Crippen LogP contribution in [0.15, 0.2) is 24.4 Å². The molecule has 160 valence electrons. The Morgan fingerprint density at radius 2 is 1.90 bits per heavy atom. The molecule has 1 aromatic heterocycles. The van der Waals surface area contributed by atoms with Crippen LogP contribution in [0, 0.1) is 17.8 Å². The summed E-state index contributed by atoms with van der Waals surface area (Å²) in [6.07, 6.45) is 5.34. The summed E-state index contributed by atoms with van der Waals surface area (Å²) in [5.74, 6) is 2.75. The zero-order chi connectivity index (χ0) is 20.8. The summed E-state index contributed by atoms with van der Waals surface area (Å²) in [5.41, 5.74) is 4.56. The second kappa shape index (κ2) is 7.73. The number of rotatable bonds is 4. The van der Waals surface area contributed by atoms with Gasteiger partial charge in [-0.25, -0.2) is 4.98 Å². The first-order valence-corrected chi connectivity index (χ1v) is 11.4. The molecule has 2 aliphatic heterocycles. The number of nitrogens with one attached hydrogen (secondary N) is 1. The molecule has 6 nitrogen and oxygen atoms in total. The number of anilines is 2. The topological polar surface area (TPSA) is 53.4 Å². The molecule has 5 rings (SSSR count). The molecule has 3 heterocycles. The van der Waals surface area contributed by atoms with Crippen molar-refractivity contribution in [3.63, 3.8) is 0 Å². The Kier molecular flexibility index (Phi) is 5.05. The van der Waals surface area contributed by atoms with Crippen molar-refractivity contribution in [1.29, 1.82) is 0 Å². The van der Waals surface area contributed by atoms with Gasteiger partial charge in [0.2, 0.25) is 5.91 Å². The van der Waals surface area contributed by atoms with Gasteiger partial charge in [0.15, 0.2) is 0 Å². The van der Waals surface area contributed by atoms with Crippen molar-refractivity contribution in [1.82, 2.24) is 14.5 Å². The van der Waals surface area contributed by atoms with Crippen LogP contribution in [0.2, 0.25) is 0 Å². The molecule has 1 aromatic carbocycles. The lowest BCUT2D eigenvalue weighted by Crippen LogP contribution is -2.39. The van der Waals surface area contributed by atoms with Crippen LogP contribution < -0.4 is 10.2 Å². The minimum absolute atomic E-state index is 0.162. The first-order valence-electron chi connectivity index (χ1n) is 11.4. The SMILES string of the molecule is C[C@H]1C[C@H](C)CN(c2cc(NC(=O)C3CC3)ccc2-c2ncc3n2CCN(C)C3)C1. The van der Waals surface area contributed by atoms with Crippen molar-refractivity contribution in [2.24, 2.45) is 17.8 Å². The highest BCUT2D eigenvalue weighted by molar-refractivity contribution is 5.95. The van der Waals surface area contributed by atoms with Gasteiger partial charge in [0.05, 0.1) is 11.9 Å². The van der Waals surface area contributed by atoms with Gasteiger partial charge < -0.3 is 14.8 Å². The lowest BCUT2D eigenvalue weighted by atomic mass is 9.91. The number of carbonyl (C=O) groups is 1. The Labute approximate surface area is 179 Å². The number of amides is 1. The average Bonchev–Trinajstić information content (AvgIpc) is 3.48. The van der Waals surface area contributed by atoms with E-state index in [1.165, 1.54) is 23.4 Å². The largest absolute Gasteiger partial charge is 0.370 e. The van der Waals surface area contributed by atoms with Crippen LogP contribution in [0.4, 0.5) is 11.4 Å². The Bertz CT molecular complexity index is 937. The molecule has 2 fully saturated rings. The van der Waals surface area contributed by atoms with Crippen molar-refractivity contribution >= 4 is 17.3 Å². The second-order valence-corrected chi connectivity index (χ2v) is 9.81. The van der Waals surface area contributed by atoms with Gasteiger partial charge >= 0.3 is 0 Å². The first-order chi connectivity index (χ1) is 14.5. The normalized spacial score (nSPS) is 24.6. The standard InChI is InChI=1S/C24H33N5O/c1-16-10-17(2)14-28(13-16)22-11-19(26-24(30)18-4-5-18)6-7-21(22)23-25-12-20-15-27(3)8-9-29(20)23/h6-7,11-12,16-18H,4-5,8-10,13-15H2,1-3H3,(H,26,30)/t16-,17-/m0/s1. The van der Waals surface area contributed by atoms with E-state index in [0.29, 0.717) is 11.8 Å². The molecule has 0 radical (unpaired) electrons. The van der Waals surface area contributed by atoms with Crippen LogP contribution in [-0.2, 0) is 17.9 Å². The summed E-state index contributed by atoms with van der Waals surface area (Å²) in [4.78, 5) is 22.1. The van der Waals surface area contributed by atoms with Crippen molar-refractivity contribution in [3.8, 4) is 11.4 Å². The lowest BCUT2D eigenvalue weighted by Gasteiger charge is -2.38. The van der Waals surface area contributed by atoms with Gasteiger partial charge in [-0.15, -0.1) is 0 Å². The summed E-state index contributed by atoms with van der Waals surface area (Å²) in [6, 6.07) is 6.39. The molecular formula is C24H33N5O. The van der Waals surface area contributed by atoms with E-state index >= 15 is 0 Å². The second-order valence-electron chi connectivity index (χ2n) is 9.81. The van der Waals surface area contributed by atoms with E-state index in [4.69, 9.17) is 4.98 Å². The van der Waals surface area contributed by atoms with Gasteiger partial charge in [0, 0.05) is 55.6 Å². The van der Waals surface area contributed by atoms with Crippen LogP contribution in [0.5, 0.6) is 0 Å². The van der Waals surface area contributed by atoms with Crippen LogP contribution in [0.1, 0.15) is 38.8 Å². The van der Waals surface area contributed by atoms with E-state index in [1.54, 1.807) is 0 Å². The number of hydrogen-bond acceptors (Lipinski definition) is 4. The molecule has 1 aliphatic carbocycles. The van der Waals surface area contributed by atoms with Crippen LogP contribution in [-0.4, -0.2) is 47.0 Å². The van der Waals surface area contributed by atoms with Crippen molar-refractivity contribution in [2.45, 2.75) is 46.2 Å². The third-order valence-corrected chi connectivity index (χ3v) is 6.74. The van der Waals surface area contributed by atoms with Gasteiger partial charge in [-0.1, -0.05) is 13.8 Å². The molecule has 2 atom stereocenters. The quantitative estimate of drug-likeness (QED) is 0.837. The number of piperidine rings is 1. The number of hydrogen-bond donors (Lipinski definition) is 1. The number of carbonyl (C=O) groups excluding carboxylic acids is 1. The van der Waals surface area contributed by atoms with Crippen LogP contribution in [0.3, 0.4) is 0 Å². The van der Waals surface area contributed by atoms with E-state index in [1.807, 2.05) is 12.3 Å². The van der Waals surface area contributed by atoms with Gasteiger partial charge in [0.1, 0.15) is 5.82 Å². The maximum atomic E-state index is 12.4. The molecule has 2 aromatic rings. The smallest absolute Gasteiger partial charge is 0.227 e. The van der Waals surface area contributed by atoms with E-state index in [-0.39, 0.29) is 11.8 Å². The van der Waals surface area contributed by atoms with E-state index in [2.05, 4.69) is 52.7 Å². The number of imidazole rings is 1. The number of benzene rings is 1. The minimum atomic E-state index is 0.162. The van der Waals surface area contributed by atoms with Crippen LogP contribution >= 0.6 is 0 Å². The third kappa shape index (κ3) is 3.85. The summed E-state index contributed by atoms with van der Waals surface area (Å²) in [6.45, 7) is 9.73.